The van der Waals surface area contributed by atoms with Crippen molar-refractivity contribution in [3.05, 3.63) is 34.3 Å². The molecule has 0 unspecified atom stereocenters. The highest BCUT2D eigenvalue weighted by atomic mass is 79.9. The lowest BCUT2D eigenvalue weighted by Gasteiger charge is -2.27. The Kier molecular flexibility index (Phi) is 3.48. The van der Waals surface area contributed by atoms with Crippen molar-refractivity contribution < 1.29 is 9.53 Å². The van der Waals surface area contributed by atoms with Gasteiger partial charge in [-0.05, 0) is 38.5 Å². The Bertz CT molecular complexity index is 630. The maximum atomic E-state index is 12.1. The van der Waals surface area contributed by atoms with Gasteiger partial charge >= 0.3 is 6.09 Å². The zero-order valence-electron chi connectivity index (χ0n) is 13.0. The second-order valence-corrected chi connectivity index (χ2v) is 8.00. The summed E-state index contributed by atoms with van der Waals surface area (Å²) in [6.07, 6.45) is -0.276. The van der Waals surface area contributed by atoms with E-state index in [-0.39, 0.29) is 17.9 Å². The predicted octanol–water partition coefficient (Wildman–Crippen LogP) is 3.71. The number of likely N-dealkylation sites (tertiary alicyclic amines) is 1. The minimum Gasteiger partial charge on any atom is -0.444 e. The van der Waals surface area contributed by atoms with Crippen molar-refractivity contribution in [2.24, 2.45) is 11.8 Å². The summed E-state index contributed by atoms with van der Waals surface area (Å²) in [7, 11) is 0. The zero-order valence-corrected chi connectivity index (χ0v) is 14.6. The SMILES string of the molecule is CC(C)(C)OC(=O)N1C[C@@H]2[C@H](C1)[C@]2(C#N)c1ccc(Br)cc1. The fourth-order valence-electron chi connectivity index (χ4n) is 3.49. The zero-order chi connectivity index (χ0) is 16.1. The second-order valence-electron chi connectivity index (χ2n) is 7.09. The van der Waals surface area contributed by atoms with Gasteiger partial charge in [-0.25, -0.2) is 4.79 Å². The van der Waals surface area contributed by atoms with E-state index in [9.17, 15) is 10.1 Å². The maximum Gasteiger partial charge on any atom is 0.410 e. The molecule has 2 aliphatic rings. The first-order valence-corrected chi connectivity index (χ1v) is 8.22. The first-order chi connectivity index (χ1) is 10.3. The van der Waals surface area contributed by atoms with Gasteiger partial charge in [0.15, 0.2) is 0 Å². The number of ether oxygens (including phenoxy) is 1. The number of amides is 1. The van der Waals surface area contributed by atoms with Crippen molar-refractivity contribution in [3.63, 3.8) is 0 Å². The molecule has 0 radical (unpaired) electrons. The van der Waals surface area contributed by atoms with Gasteiger partial charge in [0.1, 0.15) is 5.60 Å². The Morgan fingerprint density at radius 3 is 2.32 bits per heavy atom. The Labute approximate surface area is 139 Å². The molecule has 0 spiro atoms. The Morgan fingerprint density at radius 2 is 1.86 bits per heavy atom. The molecule has 4 nitrogen and oxygen atoms in total. The molecule has 1 aromatic rings. The van der Waals surface area contributed by atoms with Crippen molar-refractivity contribution in [3.8, 4) is 6.07 Å². The Morgan fingerprint density at radius 1 is 1.32 bits per heavy atom. The van der Waals surface area contributed by atoms with Gasteiger partial charge in [0.25, 0.3) is 0 Å². The van der Waals surface area contributed by atoms with Crippen LogP contribution >= 0.6 is 15.9 Å². The van der Waals surface area contributed by atoms with E-state index in [2.05, 4.69) is 22.0 Å². The van der Waals surface area contributed by atoms with E-state index >= 15 is 0 Å². The second kappa shape index (κ2) is 4.99. The quantitative estimate of drug-likeness (QED) is 0.764. The van der Waals surface area contributed by atoms with Crippen molar-refractivity contribution >= 4 is 22.0 Å². The Balaban J connectivity index is 1.72. The number of nitriles is 1. The first kappa shape index (κ1) is 15.4. The molecule has 2 fully saturated rings. The fraction of sp³-hybridized carbons (Fsp3) is 0.529. The van der Waals surface area contributed by atoms with Crippen LogP contribution in [0.3, 0.4) is 0 Å². The highest BCUT2D eigenvalue weighted by Gasteiger charge is 2.70. The number of halogens is 1. The van der Waals surface area contributed by atoms with E-state index in [1.165, 1.54) is 0 Å². The summed E-state index contributed by atoms with van der Waals surface area (Å²) in [5.74, 6) is 0.428. The lowest BCUT2D eigenvalue weighted by Crippen LogP contribution is -2.38. The van der Waals surface area contributed by atoms with Gasteiger partial charge in [-0.15, -0.1) is 0 Å². The van der Waals surface area contributed by atoms with Gasteiger partial charge in [0.2, 0.25) is 0 Å². The molecule has 1 saturated carbocycles. The van der Waals surface area contributed by atoms with E-state index in [0.29, 0.717) is 13.1 Å². The molecule has 1 aromatic carbocycles. The third kappa shape index (κ3) is 2.40. The first-order valence-electron chi connectivity index (χ1n) is 7.43. The molecule has 1 aliphatic heterocycles. The number of carbonyl (C=O) groups excluding carboxylic acids is 1. The summed E-state index contributed by atoms with van der Waals surface area (Å²) >= 11 is 3.42. The molecule has 3 rings (SSSR count). The van der Waals surface area contributed by atoms with Crippen LogP contribution in [-0.2, 0) is 10.2 Å². The molecule has 1 amide bonds. The Hall–Kier alpha value is -1.54. The monoisotopic (exact) mass is 362 g/mol. The maximum absolute atomic E-state index is 12.1. The number of carbonyl (C=O) groups is 1. The third-order valence-electron chi connectivity index (χ3n) is 4.54. The van der Waals surface area contributed by atoms with Crippen LogP contribution in [0.5, 0.6) is 0 Å². The average Bonchev–Trinajstić information content (AvgIpc) is 2.81. The molecule has 0 aromatic heterocycles. The standard InChI is InChI=1S/C17H19BrN2O2/c1-16(2,3)22-15(21)20-8-13-14(9-20)17(13,10-19)11-4-6-12(18)7-5-11/h4-7,13-14H,8-9H2,1-3H3/t13-,14+,17-. The van der Waals surface area contributed by atoms with E-state index < -0.39 is 11.0 Å². The van der Waals surface area contributed by atoms with Gasteiger partial charge in [-0.2, -0.15) is 5.26 Å². The molecule has 0 N–H and O–H groups in total. The summed E-state index contributed by atoms with van der Waals surface area (Å²) in [4.78, 5) is 13.9. The number of fused-ring (bicyclic) bond motifs is 1. The van der Waals surface area contributed by atoms with Crippen LogP contribution < -0.4 is 0 Å². The van der Waals surface area contributed by atoms with Crippen LogP contribution in [0.15, 0.2) is 28.7 Å². The highest BCUT2D eigenvalue weighted by Crippen LogP contribution is 2.63. The molecule has 0 bridgehead atoms. The van der Waals surface area contributed by atoms with Gasteiger partial charge < -0.3 is 9.64 Å². The van der Waals surface area contributed by atoms with E-state index in [4.69, 9.17) is 4.74 Å². The van der Waals surface area contributed by atoms with E-state index in [1.54, 1.807) is 4.90 Å². The smallest absolute Gasteiger partial charge is 0.410 e. The lowest BCUT2D eigenvalue weighted by atomic mass is 9.92. The molecule has 5 heteroatoms. The summed E-state index contributed by atoms with van der Waals surface area (Å²) in [5.41, 5.74) is 0.137. The molecule has 1 saturated heterocycles. The summed E-state index contributed by atoms with van der Waals surface area (Å²) in [6.45, 7) is 6.79. The van der Waals surface area contributed by atoms with Crippen LogP contribution in [0.25, 0.3) is 0 Å². The molecule has 116 valence electrons. The highest BCUT2D eigenvalue weighted by molar-refractivity contribution is 9.10. The van der Waals surface area contributed by atoms with Crippen molar-refractivity contribution in [1.29, 1.82) is 5.26 Å². The number of hydrogen-bond acceptors (Lipinski definition) is 3. The topological polar surface area (TPSA) is 53.3 Å². The summed E-state index contributed by atoms with van der Waals surface area (Å²) < 4.78 is 6.42. The van der Waals surface area contributed by atoms with Crippen molar-refractivity contribution in [1.82, 2.24) is 4.90 Å². The predicted molar refractivity (Wildman–Crippen MR) is 86.2 cm³/mol. The lowest BCUT2D eigenvalue weighted by molar-refractivity contribution is 0.0266. The minimum absolute atomic E-state index is 0.214. The largest absolute Gasteiger partial charge is 0.444 e. The summed E-state index contributed by atoms with van der Waals surface area (Å²) in [6, 6.07) is 10.4. The van der Waals surface area contributed by atoms with Gasteiger partial charge in [0.05, 0.1) is 11.5 Å². The third-order valence-corrected chi connectivity index (χ3v) is 5.07. The molecule has 1 aliphatic carbocycles. The van der Waals surface area contributed by atoms with Crippen LogP contribution in [0, 0.1) is 23.2 Å². The van der Waals surface area contributed by atoms with Gasteiger partial charge in [-0.1, -0.05) is 28.1 Å². The van der Waals surface area contributed by atoms with Crippen molar-refractivity contribution in [2.75, 3.05) is 13.1 Å². The van der Waals surface area contributed by atoms with E-state index in [0.717, 1.165) is 10.0 Å². The molecule has 1 heterocycles. The minimum atomic E-state index is -0.484. The van der Waals surface area contributed by atoms with Gasteiger partial charge in [0, 0.05) is 29.4 Å². The number of benzene rings is 1. The van der Waals surface area contributed by atoms with Crippen LogP contribution in [0.2, 0.25) is 0 Å². The number of rotatable bonds is 1. The van der Waals surface area contributed by atoms with Crippen LogP contribution in [-0.4, -0.2) is 29.7 Å². The fourth-order valence-corrected chi connectivity index (χ4v) is 3.75. The molecule has 3 atom stereocenters. The number of hydrogen-bond donors (Lipinski definition) is 0. The molecular weight excluding hydrogens is 344 g/mol. The summed E-state index contributed by atoms with van der Waals surface area (Å²) in [5, 5.41) is 9.70. The molecule has 22 heavy (non-hydrogen) atoms. The normalized spacial score (nSPS) is 29.7. The van der Waals surface area contributed by atoms with Crippen LogP contribution in [0.1, 0.15) is 26.3 Å². The molecular formula is C17H19BrN2O2. The number of nitrogens with zero attached hydrogens (tertiary/aromatic N) is 2. The average molecular weight is 363 g/mol. The number of piperidine rings is 1. The van der Waals surface area contributed by atoms with Gasteiger partial charge in [-0.3, -0.25) is 0 Å². The van der Waals surface area contributed by atoms with E-state index in [1.807, 2.05) is 45.0 Å². The van der Waals surface area contributed by atoms with Crippen LogP contribution in [0.4, 0.5) is 4.79 Å². The van der Waals surface area contributed by atoms with Crippen molar-refractivity contribution in [2.45, 2.75) is 31.8 Å².